The van der Waals surface area contributed by atoms with Gasteiger partial charge in [0.05, 0.1) is 5.69 Å². The lowest BCUT2D eigenvalue weighted by molar-refractivity contribution is -0.125. The molecule has 0 aromatic heterocycles. The Kier molecular flexibility index (Phi) is 5.27. The number of fused-ring (bicyclic) bond motifs is 1. The highest BCUT2D eigenvalue weighted by atomic mass is 16.5. The van der Waals surface area contributed by atoms with Crippen molar-refractivity contribution < 1.29 is 14.3 Å². The monoisotopic (exact) mass is 345 g/mol. The summed E-state index contributed by atoms with van der Waals surface area (Å²) in [6.07, 6.45) is 1.91. The van der Waals surface area contributed by atoms with Gasteiger partial charge in [-0.25, -0.2) is 0 Å². The molecule has 1 aromatic rings. The van der Waals surface area contributed by atoms with E-state index >= 15 is 0 Å². The van der Waals surface area contributed by atoms with Crippen molar-refractivity contribution >= 4 is 17.5 Å². The first-order valence-corrected chi connectivity index (χ1v) is 9.03. The normalized spacial score (nSPS) is 22.1. The molecule has 6 nitrogen and oxygen atoms in total. The number of carbonyl (C=O) groups is 2. The van der Waals surface area contributed by atoms with Crippen molar-refractivity contribution in [2.45, 2.75) is 39.2 Å². The van der Waals surface area contributed by atoms with Gasteiger partial charge in [-0.2, -0.15) is 0 Å². The molecule has 2 aliphatic heterocycles. The van der Waals surface area contributed by atoms with Crippen LogP contribution in [0.3, 0.4) is 0 Å². The first-order valence-electron chi connectivity index (χ1n) is 9.03. The Balaban J connectivity index is 1.55. The van der Waals surface area contributed by atoms with E-state index < -0.39 is 6.10 Å². The Hall–Kier alpha value is -2.08. The molecule has 1 aromatic carbocycles. The summed E-state index contributed by atoms with van der Waals surface area (Å²) in [5.74, 6) is 0.582. The van der Waals surface area contributed by atoms with Gasteiger partial charge in [0.25, 0.3) is 5.91 Å². The second-order valence-corrected chi connectivity index (χ2v) is 7.31. The average molecular weight is 345 g/mol. The minimum absolute atomic E-state index is 0.0100. The van der Waals surface area contributed by atoms with Crippen LogP contribution in [0.25, 0.3) is 0 Å². The van der Waals surface area contributed by atoms with Gasteiger partial charge in [-0.3, -0.25) is 9.59 Å². The number of hydrogen-bond acceptors (Lipinski definition) is 4. The molecule has 0 aliphatic carbocycles. The van der Waals surface area contributed by atoms with Crippen LogP contribution in [0.2, 0.25) is 0 Å². The van der Waals surface area contributed by atoms with Crippen LogP contribution in [0.4, 0.5) is 5.69 Å². The molecule has 136 valence electrons. The van der Waals surface area contributed by atoms with Crippen molar-refractivity contribution in [3.63, 3.8) is 0 Å². The molecule has 2 aliphatic rings. The molecule has 2 amide bonds. The standard InChI is InChI=1S/C19H27N3O3/c1-14-18(24)22(15-5-3-4-6-16(15)25-14)12-7-17(23)21-13-19(2)8-10-20-11-9-19/h3-6,14,20H,7-13H2,1-2H3,(H,21,23). The zero-order chi connectivity index (χ0) is 17.9. The van der Waals surface area contributed by atoms with Crippen molar-refractivity contribution in [1.82, 2.24) is 10.6 Å². The lowest BCUT2D eigenvalue weighted by Gasteiger charge is -2.34. The van der Waals surface area contributed by atoms with Crippen molar-refractivity contribution in [3.05, 3.63) is 24.3 Å². The first-order chi connectivity index (χ1) is 12.0. The quantitative estimate of drug-likeness (QED) is 0.852. The second-order valence-electron chi connectivity index (χ2n) is 7.31. The van der Waals surface area contributed by atoms with Crippen LogP contribution >= 0.6 is 0 Å². The Bertz CT molecular complexity index is 641. The number of benzene rings is 1. The number of ether oxygens (including phenoxy) is 1. The SMILES string of the molecule is CC1Oc2ccccc2N(CCC(=O)NCC2(C)CCNCC2)C1=O. The molecule has 1 unspecified atom stereocenters. The molecule has 1 fully saturated rings. The summed E-state index contributed by atoms with van der Waals surface area (Å²) in [4.78, 5) is 26.4. The molecular formula is C19H27N3O3. The van der Waals surface area contributed by atoms with Crippen molar-refractivity contribution in [2.75, 3.05) is 31.1 Å². The minimum Gasteiger partial charge on any atom is -0.479 e. The zero-order valence-corrected chi connectivity index (χ0v) is 15.0. The molecule has 1 saturated heterocycles. The lowest BCUT2D eigenvalue weighted by atomic mass is 9.81. The van der Waals surface area contributed by atoms with Gasteiger partial charge in [0, 0.05) is 19.5 Å². The van der Waals surface area contributed by atoms with Crippen molar-refractivity contribution in [2.24, 2.45) is 5.41 Å². The van der Waals surface area contributed by atoms with Gasteiger partial charge in [0.2, 0.25) is 5.91 Å². The highest BCUT2D eigenvalue weighted by Crippen LogP contribution is 2.33. The zero-order valence-electron chi connectivity index (χ0n) is 15.0. The van der Waals surface area contributed by atoms with Crippen LogP contribution in [0.15, 0.2) is 24.3 Å². The summed E-state index contributed by atoms with van der Waals surface area (Å²) in [5.41, 5.74) is 0.903. The summed E-state index contributed by atoms with van der Waals surface area (Å²) in [6.45, 7) is 7.03. The lowest BCUT2D eigenvalue weighted by Crippen LogP contribution is -2.46. The van der Waals surface area contributed by atoms with E-state index in [1.165, 1.54) is 0 Å². The number of para-hydroxylation sites is 2. The Morgan fingerprint density at radius 1 is 1.36 bits per heavy atom. The Morgan fingerprint density at radius 2 is 2.08 bits per heavy atom. The van der Waals surface area contributed by atoms with Gasteiger partial charge in [-0.15, -0.1) is 0 Å². The van der Waals surface area contributed by atoms with E-state index in [0.717, 1.165) is 31.6 Å². The van der Waals surface area contributed by atoms with Gasteiger partial charge >= 0.3 is 0 Å². The fraction of sp³-hybridized carbons (Fsp3) is 0.579. The molecule has 0 radical (unpaired) electrons. The van der Waals surface area contributed by atoms with Gasteiger partial charge in [-0.1, -0.05) is 19.1 Å². The highest BCUT2D eigenvalue weighted by Gasteiger charge is 2.31. The summed E-state index contributed by atoms with van der Waals surface area (Å²) >= 11 is 0. The van der Waals surface area contributed by atoms with E-state index in [1.807, 2.05) is 24.3 Å². The Morgan fingerprint density at radius 3 is 2.84 bits per heavy atom. The molecule has 3 rings (SSSR count). The first kappa shape index (κ1) is 17.7. The van der Waals surface area contributed by atoms with Crippen LogP contribution in [-0.2, 0) is 9.59 Å². The van der Waals surface area contributed by atoms with Crippen LogP contribution in [0.5, 0.6) is 5.75 Å². The van der Waals surface area contributed by atoms with Crippen molar-refractivity contribution in [1.29, 1.82) is 0 Å². The molecule has 0 bridgehead atoms. The number of nitrogens with zero attached hydrogens (tertiary/aromatic N) is 1. The van der Waals surface area contributed by atoms with E-state index in [9.17, 15) is 9.59 Å². The van der Waals surface area contributed by atoms with E-state index in [0.29, 0.717) is 25.3 Å². The van der Waals surface area contributed by atoms with E-state index in [1.54, 1.807) is 11.8 Å². The van der Waals surface area contributed by atoms with Gasteiger partial charge in [0.15, 0.2) is 6.10 Å². The second kappa shape index (κ2) is 7.44. The van der Waals surface area contributed by atoms with E-state index in [-0.39, 0.29) is 17.2 Å². The number of anilines is 1. The van der Waals surface area contributed by atoms with Gasteiger partial charge in [0.1, 0.15) is 5.75 Å². The number of carbonyl (C=O) groups excluding carboxylic acids is 2. The number of amides is 2. The predicted molar refractivity (Wildman–Crippen MR) is 96.7 cm³/mol. The molecule has 0 spiro atoms. The van der Waals surface area contributed by atoms with Crippen LogP contribution in [0, 0.1) is 5.41 Å². The largest absolute Gasteiger partial charge is 0.479 e. The third-order valence-electron chi connectivity index (χ3n) is 5.16. The fourth-order valence-electron chi connectivity index (χ4n) is 3.41. The van der Waals surface area contributed by atoms with Gasteiger partial charge < -0.3 is 20.3 Å². The molecule has 1 atom stereocenters. The van der Waals surface area contributed by atoms with Crippen molar-refractivity contribution in [3.8, 4) is 5.75 Å². The smallest absolute Gasteiger partial charge is 0.267 e. The number of hydrogen-bond donors (Lipinski definition) is 2. The molecule has 0 saturated carbocycles. The minimum atomic E-state index is -0.522. The predicted octanol–water partition coefficient (Wildman–Crippen LogP) is 1.70. The van der Waals surface area contributed by atoms with Crippen LogP contribution in [0.1, 0.15) is 33.1 Å². The average Bonchev–Trinajstić information content (AvgIpc) is 2.61. The Labute approximate surface area is 148 Å². The third kappa shape index (κ3) is 4.12. The van der Waals surface area contributed by atoms with Gasteiger partial charge in [-0.05, 0) is 50.4 Å². The number of rotatable bonds is 5. The molecule has 2 N–H and O–H groups in total. The topological polar surface area (TPSA) is 70.7 Å². The molecule has 2 heterocycles. The maximum atomic E-state index is 12.4. The highest BCUT2D eigenvalue weighted by molar-refractivity contribution is 6.00. The molecular weight excluding hydrogens is 318 g/mol. The third-order valence-corrected chi connectivity index (χ3v) is 5.16. The summed E-state index contributed by atoms with van der Waals surface area (Å²) in [5, 5.41) is 6.39. The fourth-order valence-corrected chi connectivity index (χ4v) is 3.41. The van der Waals surface area contributed by atoms with E-state index in [4.69, 9.17) is 4.74 Å². The van der Waals surface area contributed by atoms with Crippen LogP contribution in [-0.4, -0.2) is 44.1 Å². The summed E-state index contributed by atoms with van der Waals surface area (Å²) in [6, 6.07) is 7.46. The maximum Gasteiger partial charge on any atom is 0.267 e. The van der Waals surface area contributed by atoms with E-state index in [2.05, 4.69) is 17.6 Å². The molecule has 6 heteroatoms. The maximum absolute atomic E-state index is 12.4. The van der Waals surface area contributed by atoms with Crippen LogP contribution < -0.4 is 20.3 Å². The summed E-state index contributed by atoms with van der Waals surface area (Å²) < 4.78 is 5.62. The number of nitrogens with one attached hydrogen (secondary N) is 2. The molecule has 25 heavy (non-hydrogen) atoms. The summed E-state index contributed by atoms with van der Waals surface area (Å²) in [7, 11) is 0. The number of piperidine rings is 1.